The molecule has 3 N–H and O–H groups in total. The second kappa shape index (κ2) is 8.43. The number of nitrogens with zero attached hydrogens (tertiary/aromatic N) is 1. The molecule has 0 atom stereocenters. The van der Waals surface area contributed by atoms with Gasteiger partial charge in [-0.15, -0.1) is 0 Å². The van der Waals surface area contributed by atoms with E-state index in [4.69, 9.17) is 0 Å². The molecule has 0 spiro atoms. The van der Waals surface area contributed by atoms with Crippen LogP contribution in [0.3, 0.4) is 0 Å². The highest BCUT2D eigenvalue weighted by Crippen LogP contribution is 2.06. The standard InChI is InChI=1S/C20H18N4O2/c25-19(16-5-2-1-3-6-16)24-18(13-17-7-4-10-22-17)20(26)23-14-15-8-11-21-12-9-15/h1-13,22H,14H2,(H,23,26)(H,24,25)/b18-13-. The minimum atomic E-state index is -0.374. The van der Waals surface area contributed by atoms with Crippen LogP contribution in [0.2, 0.25) is 0 Å². The molecular formula is C20H18N4O2. The molecule has 0 aliphatic rings. The summed E-state index contributed by atoms with van der Waals surface area (Å²) < 4.78 is 0. The van der Waals surface area contributed by atoms with E-state index >= 15 is 0 Å². The average molecular weight is 346 g/mol. The number of aromatic amines is 1. The highest BCUT2D eigenvalue weighted by Gasteiger charge is 2.14. The van der Waals surface area contributed by atoms with Crippen LogP contribution in [0.5, 0.6) is 0 Å². The van der Waals surface area contributed by atoms with Crippen LogP contribution in [-0.2, 0) is 11.3 Å². The van der Waals surface area contributed by atoms with Gasteiger partial charge in [0.2, 0.25) is 0 Å². The lowest BCUT2D eigenvalue weighted by Gasteiger charge is -2.11. The molecule has 0 radical (unpaired) electrons. The third kappa shape index (κ3) is 4.67. The van der Waals surface area contributed by atoms with Crippen molar-refractivity contribution in [2.45, 2.75) is 6.54 Å². The number of aromatic nitrogens is 2. The predicted molar refractivity (Wildman–Crippen MR) is 98.8 cm³/mol. The molecule has 3 aromatic rings. The highest BCUT2D eigenvalue weighted by atomic mass is 16.2. The van der Waals surface area contributed by atoms with E-state index in [1.807, 2.05) is 30.3 Å². The van der Waals surface area contributed by atoms with Gasteiger partial charge in [0.25, 0.3) is 11.8 Å². The number of H-pyrrole nitrogens is 1. The van der Waals surface area contributed by atoms with Gasteiger partial charge in [-0.1, -0.05) is 18.2 Å². The van der Waals surface area contributed by atoms with Crippen LogP contribution in [0.15, 0.2) is 78.9 Å². The third-order valence-corrected chi connectivity index (χ3v) is 3.65. The highest BCUT2D eigenvalue weighted by molar-refractivity contribution is 6.05. The molecule has 26 heavy (non-hydrogen) atoms. The predicted octanol–water partition coefficient (Wildman–Crippen LogP) is 2.50. The summed E-state index contributed by atoms with van der Waals surface area (Å²) in [5.74, 6) is -0.719. The minimum Gasteiger partial charge on any atom is -0.362 e. The summed E-state index contributed by atoms with van der Waals surface area (Å²) in [6.07, 6.45) is 6.67. The molecule has 0 aliphatic carbocycles. The van der Waals surface area contributed by atoms with Crippen molar-refractivity contribution in [3.63, 3.8) is 0 Å². The summed E-state index contributed by atoms with van der Waals surface area (Å²) in [7, 11) is 0. The lowest BCUT2D eigenvalue weighted by Crippen LogP contribution is -2.34. The van der Waals surface area contributed by atoms with E-state index in [0.717, 1.165) is 5.56 Å². The number of nitrogens with one attached hydrogen (secondary N) is 3. The van der Waals surface area contributed by atoms with E-state index in [2.05, 4.69) is 20.6 Å². The van der Waals surface area contributed by atoms with Gasteiger partial charge in [-0.2, -0.15) is 0 Å². The molecule has 6 nitrogen and oxygen atoms in total. The quantitative estimate of drug-likeness (QED) is 0.599. The molecule has 0 unspecified atom stereocenters. The Bertz CT molecular complexity index is 888. The molecule has 6 heteroatoms. The largest absolute Gasteiger partial charge is 0.362 e. The maximum Gasteiger partial charge on any atom is 0.268 e. The number of amides is 2. The van der Waals surface area contributed by atoms with Crippen molar-refractivity contribution in [1.82, 2.24) is 20.6 Å². The van der Waals surface area contributed by atoms with Crippen LogP contribution in [-0.4, -0.2) is 21.8 Å². The molecule has 2 heterocycles. The van der Waals surface area contributed by atoms with Gasteiger partial charge in [0, 0.05) is 36.4 Å². The molecule has 1 aromatic carbocycles. The smallest absolute Gasteiger partial charge is 0.268 e. The molecule has 130 valence electrons. The van der Waals surface area contributed by atoms with Crippen molar-refractivity contribution >= 4 is 17.9 Å². The fraction of sp³-hybridized carbons (Fsp3) is 0.0500. The number of benzene rings is 1. The third-order valence-electron chi connectivity index (χ3n) is 3.65. The first-order chi connectivity index (χ1) is 12.7. The van der Waals surface area contributed by atoms with Crippen molar-refractivity contribution in [3.8, 4) is 0 Å². The summed E-state index contributed by atoms with van der Waals surface area (Å²) in [5.41, 5.74) is 2.27. The fourth-order valence-electron chi connectivity index (χ4n) is 2.31. The van der Waals surface area contributed by atoms with Crippen LogP contribution in [0.4, 0.5) is 0 Å². The minimum absolute atomic E-state index is 0.162. The van der Waals surface area contributed by atoms with Crippen molar-refractivity contribution in [1.29, 1.82) is 0 Å². The maximum atomic E-state index is 12.6. The molecule has 0 bridgehead atoms. The summed E-state index contributed by atoms with van der Waals surface area (Å²) in [6.45, 7) is 0.338. The Morgan fingerprint density at radius 1 is 1.00 bits per heavy atom. The zero-order valence-corrected chi connectivity index (χ0v) is 14.0. The molecule has 2 aromatic heterocycles. The Labute approximate surface area is 151 Å². The van der Waals surface area contributed by atoms with Crippen LogP contribution < -0.4 is 10.6 Å². The van der Waals surface area contributed by atoms with Crippen LogP contribution in [0, 0.1) is 0 Å². The fourth-order valence-corrected chi connectivity index (χ4v) is 2.31. The number of carbonyl (C=O) groups excluding carboxylic acids is 2. The zero-order chi connectivity index (χ0) is 18.2. The van der Waals surface area contributed by atoms with Gasteiger partial charge in [-0.05, 0) is 48.0 Å². The van der Waals surface area contributed by atoms with Gasteiger partial charge in [0.05, 0.1) is 0 Å². The normalized spacial score (nSPS) is 11.0. The number of pyridine rings is 1. The van der Waals surface area contributed by atoms with Crippen LogP contribution in [0.25, 0.3) is 6.08 Å². The molecule has 2 amide bonds. The Balaban J connectivity index is 1.75. The summed E-state index contributed by atoms with van der Waals surface area (Å²) in [5, 5.41) is 5.49. The number of carbonyl (C=O) groups is 2. The van der Waals surface area contributed by atoms with E-state index in [1.165, 1.54) is 0 Å². The SMILES string of the molecule is O=C(NCc1ccncc1)/C(=C/c1ccc[nH]1)NC(=O)c1ccccc1. The van der Waals surface area contributed by atoms with Gasteiger partial charge in [-0.25, -0.2) is 0 Å². The second-order valence-corrected chi connectivity index (χ2v) is 5.54. The summed E-state index contributed by atoms with van der Waals surface area (Å²) in [4.78, 5) is 31.9. The molecule has 0 fully saturated rings. The molecule has 3 rings (SSSR count). The summed E-state index contributed by atoms with van der Waals surface area (Å²) in [6, 6.07) is 16.0. The second-order valence-electron chi connectivity index (χ2n) is 5.54. The number of hydrogen-bond acceptors (Lipinski definition) is 3. The number of rotatable bonds is 6. The summed E-state index contributed by atoms with van der Waals surface area (Å²) >= 11 is 0. The monoisotopic (exact) mass is 346 g/mol. The van der Waals surface area contributed by atoms with Crippen molar-refractivity contribution in [2.24, 2.45) is 0 Å². The van der Waals surface area contributed by atoms with E-state index in [1.54, 1.807) is 48.9 Å². The average Bonchev–Trinajstić information content (AvgIpc) is 3.20. The van der Waals surface area contributed by atoms with Crippen molar-refractivity contribution in [3.05, 3.63) is 95.7 Å². The van der Waals surface area contributed by atoms with Gasteiger partial charge in [0.1, 0.15) is 5.70 Å². The molecule has 0 saturated heterocycles. The van der Waals surface area contributed by atoms with Crippen LogP contribution >= 0.6 is 0 Å². The first-order valence-electron chi connectivity index (χ1n) is 8.11. The van der Waals surface area contributed by atoms with E-state index in [9.17, 15) is 9.59 Å². The van der Waals surface area contributed by atoms with Crippen molar-refractivity contribution < 1.29 is 9.59 Å². The molecule has 0 saturated carbocycles. The Morgan fingerprint density at radius 2 is 1.77 bits per heavy atom. The van der Waals surface area contributed by atoms with Gasteiger partial charge in [-0.3, -0.25) is 14.6 Å². The number of hydrogen-bond donors (Lipinski definition) is 3. The molecular weight excluding hydrogens is 328 g/mol. The first-order valence-corrected chi connectivity index (χ1v) is 8.11. The lowest BCUT2D eigenvalue weighted by molar-refractivity contribution is -0.117. The zero-order valence-electron chi connectivity index (χ0n) is 14.0. The molecule has 0 aliphatic heterocycles. The van der Waals surface area contributed by atoms with Crippen LogP contribution in [0.1, 0.15) is 21.6 Å². The lowest BCUT2D eigenvalue weighted by atomic mass is 10.2. The van der Waals surface area contributed by atoms with E-state index in [-0.39, 0.29) is 17.5 Å². The maximum absolute atomic E-state index is 12.6. The Hall–Kier alpha value is -3.67. The Kier molecular flexibility index (Phi) is 5.57. The van der Waals surface area contributed by atoms with Gasteiger partial charge in [0.15, 0.2) is 0 Å². The van der Waals surface area contributed by atoms with Gasteiger partial charge < -0.3 is 15.6 Å². The van der Waals surface area contributed by atoms with E-state index in [0.29, 0.717) is 17.8 Å². The van der Waals surface area contributed by atoms with Crippen molar-refractivity contribution in [2.75, 3.05) is 0 Å². The first kappa shape index (κ1) is 17.2. The van der Waals surface area contributed by atoms with E-state index < -0.39 is 0 Å². The van der Waals surface area contributed by atoms with Gasteiger partial charge >= 0.3 is 0 Å². The topological polar surface area (TPSA) is 86.9 Å². The Morgan fingerprint density at radius 3 is 2.46 bits per heavy atom.